The molecule has 3 atom stereocenters. The smallest absolute Gasteiger partial charge is 0.246 e. The summed E-state index contributed by atoms with van der Waals surface area (Å²) in [6.45, 7) is 2.36. The lowest BCUT2D eigenvalue weighted by molar-refractivity contribution is -0.130. The molecule has 5 nitrogen and oxygen atoms in total. The minimum absolute atomic E-state index is 0.0554. The van der Waals surface area contributed by atoms with Crippen LogP contribution in [0.4, 0.5) is 0 Å². The number of aliphatic hydroxyl groups excluding tert-OH is 1. The van der Waals surface area contributed by atoms with Crippen LogP contribution in [0.25, 0.3) is 0 Å². The summed E-state index contributed by atoms with van der Waals surface area (Å²) in [4.78, 5) is 11.7. The van der Waals surface area contributed by atoms with E-state index in [-0.39, 0.29) is 25.2 Å². The third-order valence-electron chi connectivity index (χ3n) is 3.83. The minimum atomic E-state index is -0.817. The quantitative estimate of drug-likeness (QED) is 0.837. The van der Waals surface area contributed by atoms with Crippen molar-refractivity contribution in [2.45, 2.75) is 44.8 Å². The lowest BCUT2D eigenvalue weighted by Gasteiger charge is -2.28. The van der Waals surface area contributed by atoms with Crippen molar-refractivity contribution in [1.29, 1.82) is 0 Å². The zero-order valence-electron chi connectivity index (χ0n) is 11.9. The molecular weight excluding hydrogens is 258 g/mol. The highest BCUT2D eigenvalue weighted by Crippen LogP contribution is 2.26. The lowest BCUT2D eigenvalue weighted by atomic mass is 9.88. The number of aliphatic hydroxyl groups is 1. The number of hydrogen-bond donors (Lipinski definition) is 2. The number of nitrogens with one attached hydrogen (secondary N) is 1. The van der Waals surface area contributed by atoms with Gasteiger partial charge in [0.25, 0.3) is 0 Å². The molecule has 1 aliphatic rings. The molecule has 1 amide bonds. The van der Waals surface area contributed by atoms with Crippen molar-refractivity contribution in [3.05, 3.63) is 24.2 Å². The van der Waals surface area contributed by atoms with E-state index in [9.17, 15) is 9.90 Å². The zero-order chi connectivity index (χ0) is 14.4. The normalized spacial score (nSPS) is 24.3. The molecule has 1 aromatic heterocycles. The van der Waals surface area contributed by atoms with Crippen LogP contribution in [0.3, 0.4) is 0 Å². The van der Waals surface area contributed by atoms with E-state index in [1.54, 1.807) is 12.1 Å². The average molecular weight is 281 g/mol. The van der Waals surface area contributed by atoms with Crippen LogP contribution in [0.5, 0.6) is 0 Å². The maximum Gasteiger partial charge on any atom is 0.246 e. The molecule has 2 N–H and O–H groups in total. The highest BCUT2D eigenvalue weighted by atomic mass is 16.5. The summed E-state index contributed by atoms with van der Waals surface area (Å²) in [5.41, 5.74) is 0. The molecule has 1 heterocycles. The summed E-state index contributed by atoms with van der Waals surface area (Å²) in [5.74, 6) is 0.769. The number of hydrogen-bond acceptors (Lipinski definition) is 4. The molecule has 3 unspecified atom stereocenters. The molecular formula is C15H23NO4. The largest absolute Gasteiger partial charge is 0.467 e. The second kappa shape index (κ2) is 7.45. The third-order valence-corrected chi connectivity index (χ3v) is 3.83. The SMILES string of the molecule is CC1CCCCC1OCC(=O)NCC(O)c1ccco1. The van der Waals surface area contributed by atoms with E-state index in [1.807, 2.05) is 0 Å². The third kappa shape index (κ3) is 4.35. The monoisotopic (exact) mass is 281 g/mol. The summed E-state index contributed by atoms with van der Waals surface area (Å²) >= 11 is 0. The highest BCUT2D eigenvalue weighted by molar-refractivity contribution is 5.77. The van der Waals surface area contributed by atoms with Crippen molar-refractivity contribution < 1.29 is 19.1 Å². The highest BCUT2D eigenvalue weighted by Gasteiger charge is 2.22. The van der Waals surface area contributed by atoms with Crippen LogP contribution >= 0.6 is 0 Å². The summed E-state index contributed by atoms with van der Waals surface area (Å²) < 4.78 is 10.7. The molecule has 0 aromatic carbocycles. The second-order valence-corrected chi connectivity index (χ2v) is 5.45. The molecule has 20 heavy (non-hydrogen) atoms. The lowest BCUT2D eigenvalue weighted by Crippen LogP contribution is -2.35. The Labute approximate surface area is 119 Å². The number of amides is 1. The van der Waals surface area contributed by atoms with Gasteiger partial charge in [-0.3, -0.25) is 4.79 Å². The topological polar surface area (TPSA) is 71.7 Å². The Hall–Kier alpha value is -1.33. The number of rotatable bonds is 6. The van der Waals surface area contributed by atoms with E-state index in [4.69, 9.17) is 9.15 Å². The molecule has 1 fully saturated rings. The molecule has 0 spiro atoms. The van der Waals surface area contributed by atoms with Crippen molar-refractivity contribution in [2.24, 2.45) is 5.92 Å². The van der Waals surface area contributed by atoms with Gasteiger partial charge in [-0.25, -0.2) is 0 Å². The van der Waals surface area contributed by atoms with Crippen molar-refractivity contribution >= 4 is 5.91 Å². The van der Waals surface area contributed by atoms with E-state index < -0.39 is 6.10 Å². The molecule has 0 radical (unpaired) electrons. The van der Waals surface area contributed by atoms with Gasteiger partial charge >= 0.3 is 0 Å². The maximum absolute atomic E-state index is 11.7. The summed E-state index contributed by atoms with van der Waals surface area (Å²) in [6, 6.07) is 3.38. The molecule has 5 heteroatoms. The van der Waals surface area contributed by atoms with Gasteiger partial charge in [-0.2, -0.15) is 0 Å². The fourth-order valence-corrected chi connectivity index (χ4v) is 2.56. The second-order valence-electron chi connectivity index (χ2n) is 5.45. The standard InChI is InChI=1S/C15H23NO4/c1-11-5-2-3-6-13(11)20-10-15(18)16-9-12(17)14-7-4-8-19-14/h4,7-8,11-13,17H,2-3,5-6,9-10H2,1H3,(H,16,18). The number of carbonyl (C=O) groups excluding carboxylic acids is 1. The van der Waals surface area contributed by atoms with Gasteiger partial charge in [0.15, 0.2) is 0 Å². The number of carbonyl (C=O) groups is 1. The van der Waals surface area contributed by atoms with Gasteiger partial charge in [0.05, 0.1) is 18.9 Å². The Kier molecular flexibility index (Phi) is 5.61. The van der Waals surface area contributed by atoms with Gasteiger partial charge < -0.3 is 19.6 Å². The molecule has 0 aliphatic heterocycles. The van der Waals surface area contributed by atoms with E-state index in [2.05, 4.69) is 12.2 Å². The molecule has 0 bridgehead atoms. The Morgan fingerprint density at radius 3 is 3.05 bits per heavy atom. The van der Waals surface area contributed by atoms with Crippen molar-refractivity contribution in [3.8, 4) is 0 Å². The molecule has 112 valence electrons. The van der Waals surface area contributed by atoms with E-state index in [0.717, 1.165) is 6.42 Å². The number of ether oxygens (including phenoxy) is 1. The molecule has 1 aromatic rings. The molecule has 0 saturated heterocycles. The van der Waals surface area contributed by atoms with E-state index in [1.165, 1.54) is 25.5 Å². The van der Waals surface area contributed by atoms with Crippen LogP contribution in [0, 0.1) is 5.92 Å². The Bertz CT molecular complexity index is 404. The molecule has 1 saturated carbocycles. The van der Waals surface area contributed by atoms with E-state index in [0.29, 0.717) is 11.7 Å². The molecule has 2 rings (SSSR count). The van der Waals surface area contributed by atoms with Crippen molar-refractivity contribution in [1.82, 2.24) is 5.32 Å². The van der Waals surface area contributed by atoms with Gasteiger partial charge in [-0.15, -0.1) is 0 Å². The van der Waals surface area contributed by atoms with E-state index >= 15 is 0 Å². The first-order valence-electron chi connectivity index (χ1n) is 7.26. The Morgan fingerprint density at radius 2 is 2.35 bits per heavy atom. The first kappa shape index (κ1) is 15.1. The maximum atomic E-state index is 11.7. The van der Waals surface area contributed by atoms with Crippen LogP contribution in [-0.4, -0.2) is 30.3 Å². The average Bonchev–Trinajstić information content (AvgIpc) is 2.98. The van der Waals surface area contributed by atoms with Crippen molar-refractivity contribution in [3.63, 3.8) is 0 Å². The predicted molar refractivity (Wildman–Crippen MR) is 74.0 cm³/mol. The van der Waals surface area contributed by atoms with Crippen LogP contribution in [0.15, 0.2) is 22.8 Å². The summed E-state index contributed by atoms with van der Waals surface area (Å²) in [7, 11) is 0. The Morgan fingerprint density at radius 1 is 1.55 bits per heavy atom. The van der Waals surface area contributed by atoms with Crippen molar-refractivity contribution in [2.75, 3.05) is 13.2 Å². The fraction of sp³-hybridized carbons (Fsp3) is 0.667. The first-order valence-corrected chi connectivity index (χ1v) is 7.26. The first-order chi connectivity index (χ1) is 9.66. The number of furan rings is 1. The fourth-order valence-electron chi connectivity index (χ4n) is 2.56. The molecule has 1 aliphatic carbocycles. The van der Waals surface area contributed by atoms with Crippen LogP contribution in [-0.2, 0) is 9.53 Å². The van der Waals surface area contributed by atoms with Gasteiger partial charge in [0.2, 0.25) is 5.91 Å². The van der Waals surface area contributed by atoms with Gasteiger partial charge in [-0.05, 0) is 30.9 Å². The van der Waals surface area contributed by atoms with Crippen LogP contribution in [0.1, 0.15) is 44.5 Å². The predicted octanol–water partition coefficient (Wildman–Crippen LogP) is 2.02. The van der Waals surface area contributed by atoms with Gasteiger partial charge in [0, 0.05) is 0 Å². The summed E-state index contributed by atoms with van der Waals surface area (Å²) in [5, 5.41) is 12.4. The van der Waals surface area contributed by atoms with Crippen LogP contribution < -0.4 is 5.32 Å². The van der Waals surface area contributed by atoms with Gasteiger partial charge in [0.1, 0.15) is 18.5 Å². The van der Waals surface area contributed by atoms with Gasteiger partial charge in [-0.1, -0.05) is 19.8 Å². The summed E-state index contributed by atoms with van der Waals surface area (Å²) in [6.07, 6.45) is 5.49. The minimum Gasteiger partial charge on any atom is -0.467 e. The zero-order valence-corrected chi connectivity index (χ0v) is 11.9. The van der Waals surface area contributed by atoms with Crippen LogP contribution in [0.2, 0.25) is 0 Å². The Balaban J connectivity index is 1.65.